The number of aryl methyl sites for hydroxylation is 1. The predicted octanol–water partition coefficient (Wildman–Crippen LogP) is 5.22. The summed E-state index contributed by atoms with van der Waals surface area (Å²) in [7, 11) is 0. The number of aromatic nitrogens is 5. The van der Waals surface area contributed by atoms with Crippen LogP contribution in [-0.4, -0.2) is 24.7 Å². The summed E-state index contributed by atoms with van der Waals surface area (Å²) in [4.78, 5) is 12.6. The van der Waals surface area contributed by atoms with Crippen molar-refractivity contribution in [2.45, 2.75) is 6.92 Å². The van der Waals surface area contributed by atoms with E-state index in [2.05, 4.69) is 25.4 Å². The van der Waals surface area contributed by atoms with E-state index in [1.165, 1.54) is 12.5 Å². The second-order valence-electron chi connectivity index (χ2n) is 5.53. The van der Waals surface area contributed by atoms with Gasteiger partial charge in [0.1, 0.15) is 29.2 Å². The molecule has 0 aliphatic heterocycles. The van der Waals surface area contributed by atoms with E-state index in [1.807, 2.05) is 13.0 Å². The Hall–Kier alpha value is -2.41. The number of hydrogen-bond acceptors (Lipinski definition) is 5. The quantitative estimate of drug-likeness (QED) is 0.506. The number of benzene rings is 1. The average Bonchev–Trinajstić information content (AvgIpc) is 3.03. The molecule has 3 aromatic heterocycles. The highest BCUT2D eigenvalue weighted by Crippen LogP contribution is 2.33. The van der Waals surface area contributed by atoms with E-state index in [0.29, 0.717) is 43.3 Å². The first-order valence-corrected chi connectivity index (χ1v) is 8.70. The largest absolute Gasteiger partial charge is 0.324 e. The lowest BCUT2D eigenvalue weighted by molar-refractivity contribution is 0.897. The normalized spacial score (nSPS) is 11.1. The fraction of sp³-hybridized carbons (Fsp3) is 0.0588. The molecule has 0 aliphatic rings. The molecule has 3 heterocycles. The minimum Gasteiger partial charge on any atom is -0.324 e. The molecule has 0 fully saturated rings. The Labute approximate surface area is 163 Å². The number of para-hydroxylation sites is 1. The highest BCUT2D eigenvalue weighted by atomic mass is 35.5. The average molecular weight is 406 g/mol. The van der Waals surface area contributed by atoms with Crippen LogP contribution >= 0.6 is 34.8 Å². The third kappa shape index (κ3) is 3.07. The van der Waals surface area contributed by atoms with Gasteiger partial charge in [-0.05, 0) is 19.1 Å². The molecule has 0 atom stereocenters. The van der Waals surface area contributed by atoms with Crippen molar-refractivity contribution >= 4 is 57.3 Å². The van der Waals surface area contributed by atoms with Crippen LogP contribution in [0.3, 0.4) is 0 Å². The molecule has 1 N–H and O–H groups in total. The van der Waals surface area contributed by atoms with Crippen LogP contribution in [0.2, 0.25) is 15.1 Å². The number of hydrogen-bond donors (Lipinski definition) is 1. The van der Waals surface area contributed by atoms with E-state index in [-0.39, 0.29) is 0 Å². The molecule has 0 spiro atoms. The first kappa shape index (κ1) is 17.0. The van der Waals surface area contributed by atoms with Crippen molar-refractivity contribution in [1.82, 2.24) is 24.7 Å². The molecule has 0 radical (unpaired) electrons. The van der Waals surface area contributed by atoms with Gasteiger partial charge < -0.3 is 5.32 Å². The van der Waals surface area contributed by atoms with Gasteiger partial charge in [0, 0.05) is 18.0 Å². The maximum atomic E-state index is 6.29. The molecule has 4 rings (SSSR count). The fourth-order valence-corrected chi connectivity index (χ4v) is 3.30. The Morgan fingerprint density at radius 1 is 1.00 bits per heavy atom. The molecule has 0 unspecified atom stereocenters. The lowest BCUT2D eigenvalue weighted by atomic mass is 10.3. The summed E-state index contributed by atoms with van der Waals surface area (Å²) in [5.74, 6) is 1.19. The zero-order chi connectivity index (χ0) is 18.3. The smallest absolute Gasteiger partial charge is 0.142 e. The molecule has 26 heavy (non-hydrogen) atoms. The van der Waals surface area contributed by atoms with Crippen LogP contribution in [0.5, 0.6) is 0 Å². The molecule has 130 valence electrons. The number of pyridine rings is 1. The Bertz CT molecular complexity index is 1100. The molecular weight excluding hydrogens is 395 g/mol. The summed E-state index contributed by atoms with van der Waals surface area (Å²) in [5, 5.41) is 9.79. The van der Waals surface area contributed by atoms with Gasteiger partial charge in [-0.15, -0.1) is 0 Å². The van der Waals surface area contributed by atoms with Gasteiger partial charge in [-0.25, -0.2) is 19.6 Å². The molecule has 0 aliphatic carbocycles. The highest BCUT2D eigenvalue weighted by molar-refractivity contribution is 6.38. The third-order valence-electron chi connectivity index (χ3n) is 3.72. The summed E-state index contributed by atoms with van der Waals surface area (Å²) in [6.45, 7) is 1.88. The summed E-state index contributed by atoms with van der Waals surface area (Å²) in [6, 6.07) is 7.09. The second-order valence-corrected chi connectivity index (χ2v) is 6.75. The van der Waals surface area contributed by atoms with Gasteiger partial charge in [0.05, 0.1) is 26.7 Å². The predicted molar refractivity (Wildman–Crippen MR) is 104 cm³/mol. The SMILES string of the molecule is Cc1cc(Nc2ncc(Cl)c3nn(-c4c(Cl)cccc4Cl)cc23)ncn1. The van der Waals surface area contributed by atoms with Crippen molar-refractivity contribution in [3.63, 3.8) is 0 Å². The minimum atomic E-state index is 0.423. The zero-order valence-electron chi connectivity index (χ0n) is 13.4. The molecule has 0 saturated carbocycles. The van der Waals surface area contributed by atoms with Crippen molar-refractivity contribution in [2.24, 2.45) is 0 Å². The van der Waals surface area contributed by atoms with Gasteiger partial charge in [-0.2, -0.15) is 5.10 Å². The van der Waals surface area contributed by atoms with Crippen molar-refractivity contribution in [3.05, 3.63) is 63.7 Å². The maximum absolute atomic E-state index is 6.29. The standard InChI is InChI=1S/C17H11Cl3N6/c1-9-5-14(23-8-22-9)24-17-10-7-26(25-15(10)13(20)6-21-17)16-11(18)3-2-4-12(16)19/h2-8H,1H3,(H,21,22,23,24). The Morgan fingerprint density at radius 3 is 2.50 bits per heavy atom. The van der Waals surface area contributed by atoms with Crippen molar-refractivity contribution in [2.75, 3.05) is 5.32 Å². The van der Waals surface area contributed by atoms with Gasteiger partial charge in [0.25, 0.3) is 0 Å². The molecular formula is C17H11Cl3N6. The summed E-state index contributed by atoms with van der Waals surface area (Å²) < 4.78 is 1.60. The van der Waals surface area contributed by atoms with E-state index in [1.54, 1.807) is 29.1 Å². The minimum absolute atomic E-state index is 0.423. The molecule has 4 aromatic rings. The van der Waals surface area contributed by atoms with Crippen LogP contribution in [0.1, 0.15) is 5.69 Å². The van der Waals surface area contributed by atoms with Crippen LogP contribution in [0, 0.1) is 6.92 Å². The van der Waals surface area contributed by atoms with E-state index < -0.39 is 0 Å². The van der Waals surface area contributed by atoms with E-state index in [9.17, 15) is 0 Å². The third-order valence-corrected chi connectivity index (χ3v) is 4.61. The molecule has 6 nitrogen and oxygen atoms in total. The molecule has 0 bridgehead atoms. The first-order valence-electron chi connectivity index (χ1n) is 7.57. The van der Waals surface area contributed by atoms with Crippen molar-refractivity contribution < 1.29 is 0 Å². The van der Waals surface area contributed by atoms with E-state index in [0.717, 1.165) is 5.69 Å². The van der Waals surface area contributed by atoms with Gasteiger partial charge in [0.2, 0.25) is 0 Å². The number of halogens is 3. The van der Waals surface area contributed by atoms with Crippen LogP contribution in [0.25, 0.3) is 16.6 Å². The van der Waals surface area contributed by atoms with Gasteiger partial charge in [0.15, 0.2) is 0 Å². The Morgan fingerprint density at radius 2 is 1.77 bits per heavy atom. The highest BCUT2D eigenvalue weighted by Gasteiger charge is 2.15. The number of nitrogens with one attached hydrogen (secondary N) is 1. The van der Waals surface area contributed by atoms with Gasteiger partial charge >= 0.3 is 0 Å². The monoisotopic (exact) mass is 404 g/mol. The lowest BCUT2D eigenvalue weighted by Crippen LogP contribution is -1.98. The van der Waals surface area contributed by atoms with Gasteiger partial charge in [-0.3, -0.25) is 0 Å². The zero-order valence-corrected chi connectivity index (χ0v) is 15.7. The van der Waals surface area contributed by atoms with E-state index in [4.69, 9.17) is 34.8 Å². The Balaban J connectivity index is 1.86. The van der Waals surface area contributed by atoms with Crippen molar-refractivity contribution in [3.8, 4) is 5.69 Å². The fourth-order valence-electron chi connectivity index (χ4n) is 2.54. The van der Waals surface area contributed by atoms with Crippen molar-refractivity contribution in [1.29, 1.82) is 0 Å². The summed E-state index contributed by atoms with van der Waals surface area (Å²) in [6.07, 6.45) is 4.79. The van der Waals surface area contributed by atoms with Gasteiger partial charge in [-0.1, -0.05) is 40.9 Å². The summed E-state index contributed by atoms with van der Waals surface area (Å²) >= 11 is 18.9. The van der Waals surface area contributed by atoms with Crippen LogP contribution in [0.4, 0.5) is 11.6 Å². The van der Waals surface area contributed by atoms with Crippen LogP contribution in [-0.2, 0) is 0 Å². The number of fused-ring (bicyclic) bond motifs is 1. The molecule has 1 aromatic carbocycles. The van der Waals surface area contributed by atoms with Crippen LogP contribution in [0.15, 0.2) is 43.0 Å². The number of anilines is 2. The van der Waals surface area contributed by atoms with Crippen LogP contribution < -0.4 is 5.32 Å². The molecule has 0 saturated heterocycles. The lowest BCUT2D eigenvalue weighted by Gasteiger charge is -2.06. The number of rotatable bonds is 3. The summed E-state index contributed by atoms with van der Waals surface area (Å²) in [5.41, 5.74) is 1.99. The first-order chi connectivity index (χ1) is 12.5. The topological polar surface area (TPSA) is 68.5 Å². The maximum Gasteiger partial charge on any atom is 0.142 e. The second kappa shape index (κ2) is 6.72. The molecule has 0 amide bonds. The van der Waals surface area contributed by atoms with E-state index >= 15 is 0 Å². The number of nitrogens with zero attached hydrogens (tertiary/aromatic N) is 5. The molecule has 9 heteroatoms. The Kier molecular flexibility index (Phi) is 4.40.